The Morgan fingerprint density at radius 3 is 2.53 bits per heavy atom. The SMILES string of the molecule is CCCC(CC=O)(C(=O)O)n1c(C=O)ccc1CO. The van der Waals surface area contributed by atoms with Gasteiger partial charge in [0.25, 0.3) is 0 Å². The summed E-state index contributed by atoms with van der Waals surface area (Å²) in [5, 5.41) is 18.8. The molecule has 0 spiro atoms. The zero-order valence-electron chi connectivity index (χ0n) is 10.7. The van der Waals surface area contributed by atoms with Crippen LogP contribution in [0.25, 0.3) is 0 Å². The van der Waals surface area contributed by atoms with Gasteiger partial charge in [0, 0.05) is 12.1 Å². The second-order valence-corrected chi connectivity index (χ2v) is 4.32. The molecule has 1 atom stereocenters. The molecule has 0 aliphatic rings. The van der Waals surface area contributed by atoms with Crippen LogP contribution in [-0.4, -0.2) is 33.3 Å². The van der Waals surface area contributed by atoms with Gasteiger partial charge < -0.3 is 19.6 Å². The van der Waals surface area contributed by atoms with Gasteiger partial charge in [0.2, 0.25) is 0 Å². The number of rotatable bonds is 8. The third-order valence-electron chi connectivity index (χ3n) is 3.19. The number of carboxylic acids is 1. The van der Waals surface area contributed by atoms with Crippen molar-refractivity contribution in [1.82, 2.24) is 4.57 Å². The smallest absolute Gasteiger partial charge is 0.330 e. The summed E-state index contributed by atoms with van der Waals surface area (Å²) in [4.78, 5) is 33.6. The maximum absolute atomic E-state index is 11.7. The van der Waals surface area contributed by atoms with Crippen LogP contribution < -0.4 is 0 Å². The van der Waals surface area contributed by atoms with Crippen LogP contribution in [0.1, 0.15) is 42.4 Å². The van der Waals surface area contributed by atoms with E-state index in [0.717, 1.165) is 0 Å². The number of aliphatic hydroxyl groups is 1. The van der Waals surface area contributed by atoms with Crippen molar-refractivity contribution in [3.05, 3.63) is 23.5 Å². The topological polar surface area (TPSA) is 96.6 Å². The molecule has 1 unspecified atom stereocenters. The molecular weight excluding hydrogens is 250 g/mol. The molecule has 0 amide bonds. The third kappa shape index (κ3) is 2.58. The second-order valence-electron chi connectivity index (χ2n) is 4.32. The number of carboxylic acid groups (broad SMARTS) is 1. The Bertz CT molecular complexity index is 479. The number of aliphatic hydroxyl groups excluding tert-OH is 1. The second kappa shape index (κ2) is 6.29. The monoisotopic (exact) mass is 267 g/mol. The van der Waals surface area contributed by atoms with Crippen LogP contribution in [0.4, 0.5) is 0 Å². The Balaban J connectivity index is 3.54. The van der Waals surface area contributed by atoms with Crippen LogP contribution >= 0.6 is 0 Å². The van der Waals surface area contributed by atoms with Crippen molar-refractivity contribution in [1.29, 1.82) is 0 Å². The summed E-state index contributed by atoms with van der Waals surface area (Å²) in [5.41, 5.74) is -1.07. The quantitative estimate of drug-likeness (QED) is 0.684. The molecule has 0 saturated heterocycles. The molecule has 19 heavy (non-hydrogen) atoms. The van der Waals surface area contributed by atoms with E-state index >= 15 is 0 Å². The largest absolute Gasteiger partial charge is 0.479 e. The number of nitrogens with zero attached hydrogens (tertiary/aromatic N) is 1. The molecule has 0 fully saturated rings. The Labute approximate surface area is 110 Å². The fourth-order valence-electron chi connectivity index (χ4n) is 2.38. The normalized spacial score (nSPS) is 13.8. The summed E-state index contributed by atoms with van der Waals surface area (Å²) in [7, 11) is 0. The van der Waals surface area contributed by atoms with E-state index in [1.807, 2.05) is 0 Å². The average molecular weight is 267 g/mol. The van der Waals surface area contributed by atoms with Gasteiger partial charge in [-0.15, -0.1) is 0 Å². The van der Waals surface area contributed by atoms with Crippen molar-refractivity contribution in [2.75, 3.05) is 0 Å². The highest BCUT2D eigenvalue weighted by atomic mass is 16.4. The molecule has 1 aromatic heterocycles. The van der Waals surface area contributed by atoms with Gasteiger partial charge in [-0.1, -0.05) is 13.3 Å². The zero-order chi connectivity index (χ0) is 14.5. The summed E-state index contributed by atoms with van der Waals surface area (Å²) in [6.07, 6.45) is 1.53. The standard InChI is InChI=1S/C13H17NO5/c1-2-5-13(6-7-15,12(18)19)14-10(8-16)3-4-11(14)9-17/h3-4,7-8,17H,2,5-6,9H2,1H3,(H,18,19). The number of hydrogen-bond acceptors (Lipinski definition) is 4. The van der Waals surface area contributed by atoms with E-state index in [1.54, 1.807) is 6.92 Å². The summed E-state index contributed by atoms with van der Waals surface area (Å²) >= 11 is 0. The summed E-state index contributed by atoms with van der Waals surface area (Å²) in [6, 6.07) is 2.93. The number of carbonyl (C=O) groups excluding carboxylic acids is 2. The van der Waals surface area contributed by atoms with E-state index in [-0.39, 0.29) is 18.5 Å². The molecule has 6 nitrogen and oxygen atoms in total. The fraction of sp³-hybridized carbons (Fsp3) is 0.462. The van der Waals surface area contributed by atoms with Gasteiger partial charge in [-0.05, 0) is 18.6 Å². The Hall–Kier alpha value is -1.95. The Morgan fingerprint density at radius 2 is 2.11 bits per heavy atom. The first-order valence-electron chi connectivity index (χ1n) is 6.01. The van der Waals surface area contributed by atoms with Crippen molar-refractivity contribution >= 4 is 18.5 Å². The van der Waals surface area contributed by atoms with Crippen LogP contribution in [-0.2, 0) is 21.7 Å². The van der Waals surface area contributed by atoms with Gasteiger partial charge >= 0.3 is 5.97 Å². The minimum absolute atomic E-state index is 0.141. The predicted molar refractivity (Wildman–Crippen MR) is 66.9 cm³/mol. The first-order chi connectivity index (χ1) is 9.07. The molecule has 6 heteroatoms. The van der Waals surface area contributed by atoms with E-state index in [1.165, 1.54) is 16.7 Å². The highest BCUT2D eigenvalue weighted by Crippen LogP contribution is 2.31. The van der Waals surface area contributed by atoms with Crippen LogP contribution in [0.15, 0.2) is 12.1 Å². The highest BCUT2D eigenvalue weighted by Gasteiger charge is 2.41. The van der Waals surface area contributed by atoms with E-state index in [0.29, 0.717) is 24.7 Å². The minimum Gasteiger partial charge on any atom is -0.479 e. The predicted octanol–water partition coefficient (Wildman–Crippen LogP) is 0.962. The molecule has 0 radical (unpaired) electrons. The average Bonchev–Trinajstić information content (AvgIpc) is 2.81. The lowest BCUT2D eigenvalue weighted by atomic mass is 9.89. The molecule has 1 aromatic rings. The lowest BCUT2D eigenvalue weighted by Crippen LogP contribution is -2.44. The van der Waals surface area contributed by atoms with Crippen molar-refractivity contribution in [3.63, 3.8) is 0 Å². The van der Waals surface area contributed by atoms with Gasteiger partial charge in [-0.2, -0.15) is 0 Å². The minimum atomic E-state index is -1.52. The maximum Gasteiger partial charge on any atom is 0.330 e. The van der Waals surface area contributed by atoms with Crippen molar-refractivity contribution in [2.24, 2.45) is 0 Å². The van der Waals surface area contributed by atoms with E-state index in [9.17, 15) is 24.6 Å². The maximum atomic E-state index is 11.7. The summed E-state index contributed by atoms with van der Waals surface area (Å²) in [5.74, 6) is -1.18. The van der Waals surface area contributed by atoms with E-state index in [2.05, 4.69) is 0 Å². The Kier molecular flexibility index (Phi) is 5.00. The molecular formula is C13H17NO5. The summed E-state index contributed by atoms with van der Waals surface area (Å²) in [6.45, 7) is 1.40. The van der Waals surface area contributed by atoms with Crippen LogP contribution in [0, 0.1) is 0 Å². The highest BCUT2D eigenvalue weighted by molar-refractivity contribution is 5.83. The van der Waals surface area contributed by atoms with Crippen molar-refractivity contribution in [2.45, 2.75) is 38.3 Å². The first-order valence-corrected chi connectivity index (χ1v) is 6.01. The van der Waals surface area contributed by atoms with Gasteiger partial charge in [0.15, 0.2) is 6.29 Å². The van der Waals surface area contributed by atoms with Crippen LogP contribution in [0.2, 0.25) is 0 Å². The molecule has 0 aromatic carbocycles. The van der Waals surface area contributed by atoms with E-state index in [4.69, 9.17) is 0 Å². The fourth-order valence-corrected chi connectivity index (χ4v) is 2.38. The van der Waals surface area contributed by atoms with Crippen molar-refractivity contribution in [3.8, 4) is 0 Å². The van der Waals surface area contributed by atoms with Crippen LogP contribution in [0.5, 0.6) is 0 Å². The zero-order valence-corrected chi connectivity index (χ0v) is 10.7. The third-order valence-corrected chi connectivity index (χ3v) is 3.19. The number of aldehydes is 2. The molecule has 1 rings (SSSR count). The number of aliphatic carboxylic acids is 1. The van der Waals surface area contributed by atoms with Gasteiger partial charge in [-0.3, -0.25) is 4.79 Å². The van der Waals surface area contributed by atoms with Gasteiger partial charge in [-0.25, -0.2) is 4.79 Å². The molecule has 0 bridgehead atoms. The molecule has 1 heterocycles. The van der Waals surface area contributed by atoms with E-state index < -0.39 is 18.1 Å². The van der Waals surface area contributed by atoms with Crippen LogP contribution in [0.3, 0.4) is 0 Å². The first kappa shape index (κ1) is 15.1. The summed E-state index contributed by atoms with van der Waals surface area (Å²) < 4.78 is 1.26. The number of hydrogen-bond donors (Lipinski definition) is 2. The molecule has 2 N–H and O–H groups in total. The van der Waals surface area contributed by atoms with Gasteiger partial charge in [0.1, 0.15) is 11.8 Å². The van der Waals surface area contributed by atoms with Gasteiger partial charge in [0.05, 0.1) is 12.3 Å². The Morgan fingerprint density at radius 1 is 1.42 bits per heavy atom. The molecule has 0 aliphatic carbocycles. The molecule has 0 aliphatic heterocycles. The lowest BCUT2D eigenvalue weighted by molar-refractivity contribution is -0.149. The van der Waals surface area contributed by atoms with Crippen molar-refractivity contribution < 1.29 is 24.6 Å². The number of aromatic nitrogens is 1. The molecule has 104 valence electrons. The molecule has 0 saturated carbocycles. The number of carbonyl (C=O) groups is 3. The lowest BCUT2D eigenvalue weighted by Gasteiger charge is -2.32.